The van der Waals surface area contributed by atoms with E-state index in [1.807, 2.05) is 0 Å². The van der Waals surface area contributed by atoms with Crippen molar-refractivity contribution >= 4 is 0 Å². The van der Waals surface area contributed by atoms with Gasteiger partial charge in [0.1, 0.15) is 0 Å². The molecule has 19 heavy (non-hydrogen) atoms. The molecule has 104 valence electrons. The summed E-state index contributed by atoms with van der Waals surface area (Å²) < 4.78 is 5.96. The predicted octanol–water partition coefficient (Wildman–Crippen LogP) is 1.95. The Kier molecular flexibility index (Phi) is 4.16. The summed E-state index contributed by atoms with van der Waals surface area (Å²) in [6, 6.07) is 9.27. The maximum atomic E-state index is 5.96. The molecule has 2 fully saturated rings. The van der Waals surface area contributed by atoms with Crippen LogP contribution in [-0.2, 0) is 11.3 Å². The molecule has 2 aliphatic rings. The summed E-state index contributed by atoms with van der Waals surface area (Å²) in [7, 11) is 0. The van der Waals surface area contributed by atoms with Gasteiger partial charge in [0.2, 0.25) is 0 Å². The van der Waals surface area contributed by atoms with E-state index in [0.29, 0.717) is 12.1 Å². The number of nitrogens with one attached hydrogen (secondary N) is 1. The number of ether oxygens (including phenoxy) is 1. The van der Waals surface area contributed by atoms with Crippen LogP contribution in [0.5, 0.6) is 0 Å². The standard InChI is InChI=1S/C16H24N2O/c1-13-5-2-3-6-14(13)9-17-10-16-11-18-8-4-7-15(18)12-19-16/h2-3,5-6,15-17H,4,7-12H2,1H3. The first-order chi connectivity index (χ1) is 9.33. The summed E-state index contributed by atoms with van der Waals surface area (Å²) in [5.41, 5.74) is 2.75. The molecule has 0 radical (unpaired) electrons. The van der Waals surface area contributed by atoms with E-state index in [0.717, 1.165) is 26.2 Å². The molecule has 1 aromatic rings. The second kappa shape index (κ2) is 6.04. The summed E-state index contributed by atoms with van der Waals surface area (Å²) in [6.45, 7) is 7.36. The fourth-order valence-corrected chi connectivity index (χ4v) is 3.19. The monoisotopic (exact) mass is 260 g/mol. The van der Waals surface area contributed by atoms with Gasteiger partial charge in [0.15, 0.2) is 0 Å². The highest BCUT2D eigenvalue weighted by atomic mass is 16.5. The van der Waals surface area contributed by atoms with Crippen LogP contribution in [0.2, 0.25) is 0 Å². The number of benzene rings is 1. The molecule has 0 spiro atoms. The Labute approximate surface area is 115 Å². The molecule has 2 heterocycles. The lowest BCUT2D eigenvalue weighted by Gasteiger charge is -2.35. The maximum Gasteiger partial charge on any atom is 0.0827 e. The molecular formula is C16H24N2O. The summed E-state index contributed by atoms with van der Waals surface area (Å²) in [6.07, 6.45) is 3.03. The third-order valence-corrected chi connectivity index (χ3v) is 4.41. The Morgan fingerprint density at radius 2 is 2.26 bits per heavy atom. The van der Waals surface area contributed by atoms with Gasteiger partial charge in [-0.15, -0.1) is 0 Å². The molecule has 0 aliphatic carbocycles. The highest BCUT2D eigenvalue weighted by Crippen LogP contribution is 2.22. The van der Waals surface area contributed by atoms with Crippen LogP contribution in [0.15, 0.2) is 24.3 Å². The van der Waals surface area contributed by atoms with Crippen molar-refractivity contribution in [3.63, 3.8) is 0 Å². The van der Waals surface area contributed by atoms with Crippen molar-refractivity contribution in [1.29, 1.82) is 0 Å². The van der Waals surface area contributed by atoms with Crippen molar-refractivity contribution in [2.24, 2.45) is 0 Å². The van der Waals surface area contributed by atoms with Crippen molar-refractivity contribution in [1.82, 2.24) is 10.2 Å². The van der Waals surface area contributed by atoms with E-state index in [9.17, 15) is 0 Å². The SMILES string of the molecule is Cc1ccccc1CNCC1CN2CCCC2CO1. The van der Waals surface area contributed by atoms with Crippen molar-refractivity contribution < 1.29 is 4.74 Å². The Morgan fingerprint density at radius 3 is 3.16 bits per heavy atom. The van der Waals surface area contributed by atoms with Gasteiger partial charge in [-0.2, -0.15) is 0 Å². The van der Waals surface area contributed by atoms with Crippen molar-refractivity contribution in [2.75, 3.05) is 26.2 Å². The third kappa shape index (κ3) is 3.16. The molecular weight excluding hydrogens is 236 g/mol. The Bertz CT molecular complexity index is 421. The molecule has 2 unspecified atom stereocenters. The molecule has 3 nitrogen and oxygen atoms in total. The van der Waals surface area contributed by atoms with Crippen LogP contribution >= 0.6 is 0 Å². The molecule has 0 amide bonds. The maximum absolute atomic E-state index is 5.96. The quantitative estimate of drug-likeness (QED) is 0.895. The van der Waals surface area contributed by atoms with E-state index in [1.54, 1.807) is 0 Å². The van der Waals surface area contributed by atoms with Crippen LogP contribution < -0.4 is 5.32 Å². The lowest BCUT2D eigenvalue weighted by Crippen LogP contribution is -2.49. The molecule has 0 bridgehead atoms. The zero-order valence-electron chi connectivity index (χ0n) is 11.8. The normalized spacial score (nSPS) is 27.4. The molecule has 0 aromatic heterocycles. The summed E-state index contributed by atoms with van der Waals surface area (Å²) in [5.74, 6) is 0. The second-order valence-corrected chi connectivity index (χ2v) is 5.80. The minimum absolute atomic E-state index is 0.360. The summed E-state index contributed by atoms with van der Waals surface area (Å²) >= 11 is 0. The van der Waals surface area contributed by atoms with Crippen LogP contribution in [-0.4, -0.2) is 43.3 Å². The lowest BCUT2D eigenvalue weighted by molar-refractivity contribution is -0.0470. The number of morpholine rings is 1. The highest BCUT2D eigenvalue weighted by molar-refractivity contribution is 5.25. The minimum Gasteiger partial charge on any atom is -0.374 e. The molecule has 3 heteroatoms. The zero-order chi connectivity index (χ0) is 13.1. The number of hydrogen-bond donors (Lipinski definition) is 1. The molecule has 2 saturated heterocycles. The molecule has 2 aliphatic heterocycles. The van der Waals surface area contributed by atoms with Crippen LogP contribution in [0, 0.1) is 6.92 Å². The van der Waals surface area contributed by atoms with Gasteiger partial charge < -0.3 is 10.1 Å². The van der Waals surface area contributed by atoms with Crippen LogP contribution in [0.1, 0.15) is 24.0 Å². The first kappa shape index (κ1) is 13.1. The molecule has 2 atom stereocenters. The highest BCUT2D eigenvalue weighted by Gasteiger charge is 2.31. The summed E-state index contributed by atoms with van der Waals surface area (Å²) in [5, 5.41) is 3.54. The lowest BCUT2D eigenvalue weighted by atomic mass is 10.1. The van der Waals surface area contributed by atoms with Crippen molar-refractivity contribution in [3.8, 4) is 0 Å². The van der Waals surface area contributed by atoms with E-state index in [1.165, 1.54) is 30.5 Å². The molecule has 1 N–H and O–H groups in total. The van der Waals surface area contributed by atoms with Gasteiger partial charge in [-0.25, -0.2) is 0 Å². The molecule has 3 rings (SSSR count). The number of rotatable bonds is 4. The van der Waals surface area contributed by atoms with E-state index >= 15 is 0 Å². The Morgan fingerprint density at radius 1 is 1.37 bits per heavy atom. The van der Waals surface area contributed by atoms with E-state index in [-0.39, 0.29) is 0 Å². The van der Waals surface area contributed by atoms with E-state index in [4.69, 9.17) is 4.74 Å². The fraction of sp³-hybridized carbons (Fsp3) is 0.625. The molecule has 0 saturated carbocycles. The van der Waals surface area contributed by atoms with E-state index < -0.39 is 0 Å². The minimum atomic E-state index is 0.360. The van der Waals surface area contributed by atoms with Gasteiger partial charge in [0, 0.05) is 25.7 Å². The Hall–Kier alpha value is -0.900. The number of aryl methyl sites for hydroxylation is 1. The van der Waals surface area contributed by atoms with Crippen LogP contribution in [0.4, 0.5) is 0 Å². The third-order valence-electron chi connectivity index (χ3n) is 4.41. The number of nitrogens with zero attached hydrogens (tertiary/aromatic N) is 1. The van der Waals surface area contributed by atoms with Crippen LogP contribution in [0.3, 0.4) is 0 Å². The van der Waals surface area contributed by atoms with Crippen LogP contribution in [0.25, 0.3) is 0 Å². The molecule has 1 aromatic carbocycles. The first-order valence-electron chi connectivity index (χ1n) is 7.44. The largest absolute Gasteiger partial charge is 0.374 e. The smallest absolute Gasteiger partial charge is 0.0827 e. The fourth-order valence-electron chi connectivity index (χ4n) is 3.19. The van der Waals surface area contributed by atoms with Gasteiger partial charge >= 0.3 is 0 Å². The Balaban J connectivity index is 1.44. The second-order valence-electron chi connectivity index (χ2n) is 5.80. The average molecular weight is 260 g/mol. The van der Waals surface area contributed by atoms with Gasteiger partial charge in [-0.1, -0.05) is 24.3 Å². The first-order valence-corrected chi connectivity index (χ1v) is 7.44. The van der Waals surface area contributed by atoms with Gasteiger partial charge in [-0.3, -0.25) is 4.90 Å². The van der Waals surface area contributed by atoms with Gasteiger partial charge in [0.05, 0.1) is 12.7 Å². The average Bonchev–Trinajstić information content (AvgIpc) is 2.88. The zero-order valence-corrected chi connectivity index (χ0v) is 11.8. The van der Waals surface area contributed by atoms with E-state index in [2.05, 4.69) is 41.4 Å². The number of hydrogen-bond acceptors (Lipinski definition) is 3. The predicted molar refractivity (Wildman–Crippen MR) is 77.2 cm³/mol. The number of fused-ring (bicyclic) bond motifs is 1. The van der Waals surface area contributed by atoms with Gasteiger partial charge in [-0.05, 0) is 37.4 Å². The topological polar surface area (TPSA) is 24.5 Å². The van der Waals surface area contributed by atoms with Crippen molar-refractivity contribution in [3.05, 3.63) is 35.4 Å². The van der Waals surface area contributed by atoms with Gasteiger partial charge in [0.25, 0.3) is 0 Å². The van der Waals surface area contributed by atoms with Crippen molar-refractivity contribution in [2.45, 2.75) is 38.5 Å². The summed E-state index contributed by atoms with van der Waals surface area (Å²) in [4.78, 5) is 2.60.